The minimum Gasteiger partial charge on any atom is -0.495 e. The fourth-order valence-corrected chi connectivity index (χ4v) is 2.00. The highest BCUT2D eigenvalue weighted by Gasteiger charge is 2.10. The fraction of sp³-hybridized carbons (Fsp3) is 0.400. The molecule has 4 heteroatoms. The van der Waals surface area contributed by atoms with E-state index in [1.165, 1.54) is 0 Å². The van der Waals surface area contributed by atoms with Crippen LogP contribution in [0.2, 0.25) is 0 Å². The molecule has 4 nitrogen and oxygen atoms in total. The van der Waals surface area contributed by atoms with Crippen molar-refractivity contribution < 1.29 is 4.74 Å². The Labute approximate surface area is 114 Å². The highest BCUT2D eigenvalue weighted by molar-refractivity contribution is 5.53. The van der Waals surface area contributed by atoms with Gasteiger partial charge < -0.3 is 15.0 Å². The Bertz CT molecular complexity index is 433. The number of piperazine rings is 1. The summed E-state index contributed by atoms with van der Waals surface area (Å²) < 4.78 is 5.27. The predicted molar refractivity (Wildman–Crippen MR) is 79.1 cm³/mol. The summed E-state index contributed by atoms with van der Waals surface area (Å²) in [6.07, 6.45) is 5.71. The van der Waals surface area contributed by atoms with Crippen LogP contribution in [0.3, 0.4) is 0 Å². The van der Waals surface area contributed by atoms with E-state index in [0.29, 0.717) is 12.4 Å². The number of aromatic nitrogens is 1. The van der Waals surface area contributed by atoms with Gasteiger partial charge in [-0.2, -0.15) is 0 Å². The number of hydrogen-bond acceptors (Lipinski definition) is 4. The Morgan fingerprint density at radius 3 is 2.89 bits per heavy atom. The van der Waals surface area contributed by atoms with Gasteiger partial charge in [-0.1, -0.05) is 6.58 Å². The Balaban J connectivity index is 1.96. The van der Waals surface area contributed by atoms with Gasteiger partial charge in [-0.3, -0.25) is 0 Å². The Hall–Kier alpha value is -1.81. The van der Waals surface area contributed by atoms with Gasteiger partial charge in [0.2, 0.25) is 0 Å². The molecule has 0 radical (unpaired) electrons. The number of pyridine rings is 1. The van der Waals surface area contributed by atoms with Crippen LogP contribution in [-0.4, -0.2) is 37.8 Å². The van der Waals surface area contributed by atoms with Crippen LogP contribution in [-0.2, 0) is 4.74 Å². The number of anilines is 1. The highest BCUT2D eigenvalue weighted by atomic mass is 16.5. The molecule has 0 bridgehead atoms. The minimum atomic E-state index is 0.642. The quantitative estimate of drug-likeness (QED) is 0.649. The second-order valence-electron chi connectivity index (χ2n) is 4.42. The summed E-state index contributed by atoms with van der Waals surface area (Å²) in [4.78, 5) is 6.80. The van der Waals surface area contributed by atoms with Crippen molar-refractivity contribution >= 4 is 11.9 Å². The standard InChI is InChI=1S/C15H21N3O/c1-3-19-13(2)4-5-14-6-7-15(17-12-14)18-10-8-16-9-11-18/h4-7,12,16H,2-3,8-11H2,1H3/b5-4+. The van der Waals surface area contributed by atoms with Crippen LogP contribution in [0.1, 0.15) is 12.5 Å². The number of nitrogens with one attached hydrogen (secondary N) is 1. The van der Waals surface area contributed by atoms with E-state index in [1.54, 1.807) is 0 Å². The maximum absolute atomic E-state index is 5.27. The van der Waals surface area contributed by atoms with Crippen molar-refractivity contribution in [1.29, 1.82) is 0 Å². The Morgan fingerprint density at radius 2 is 2.26 bits per heavy atom. The zero-order chi connectivity index (χ0) is 13.5. The van der Waals surface area contributed by atoms with E-state index in [0.717, 1.165) is 37.6 Å². The van der Waals surface area contributed by atoms with Crippen LogP contribution < -0.4 is 10.2 Å². The van der Waals surface area contributed by atoms with E-state index in [9.17, 15) is 0 Å². The molecule has 1 N–H and O–H groups in total. The molecular weight excluding hydrogens is 238 g/mol. The molecule has 0 aromatic carbocycles. The Morgan fingerprint density at radius 1 is 1.47 bits per heavy atom. The summed E-state index contributed by atoms with van der Waals surface area (Å²) in [6, 6.07) is 4.13. The molecule has 102 valence electrons. The van der Waals surface area contributed by atoms with Gasteiger partial charge in [-0.05, 0) is 36.8 Å². The maximum Gasteiger partial charge on any atom is 0.128 e. The molecule has 1 aliphatic heterocycles. The molecule has 0 saturated carbocycles. The van der Waals surface area contributed by atoms with E-state index >= 15 is 0 Å². The van der Waals surface area contributed by atoms with Crippen LogP contribution in [0.15, 0.2) is 36.7 Å². The first-order chi connectivity index (χ1) is 9.29. The van der Waals surface area contributed by atoms with Crippen molar-refractivity contribution in [2.45, 2.75) is 6.92 Å². The van der Waals surface area contributed by atoms with Gasteiger partial charge in [-0.15, -0.1) is 0 Å². The molecule has 19 heavy (non-hydrogen) atoms. The molecule has 0 aliphatic carbocycles. The summed E-state index contributed by atoms with van der Waals surface area (Å²) in [5.74, 6) is 1.72. The van der Waals surface area contributed by atoms with Gasteiger partial charge >= 0.3 is 0 Å². The van der Waals surface area contributed by atoms with E-state index in [4.69, 9.17) is 4.74 Å². The molecule has 1 saturated heterocycles. The molecule has 1 aromatic heterocycles. The van der Waals surface area contributed by atoms with Crippen LogP contribution in [0.25, 0.3) is 6.08 Å². The number of nitrogens with zero attached hydrogens (tertiary/aromatic N) is 2. The number of rotatable bonds is 5. The van der Waals surface area contributed by atoms with Crippen LogP contribution in [0, 0.1) is 0 Å². The maximum atomic E-state index is 5.27. The highest BCUT2D eigenvalue weighted by Crippen LogP contribution is 2.13. The number of hydrogen-bond donors (Lipinski definition) is 1. The average molecular weight is 259 g/mol. The zero-order valence-corrected chi connectivity index (χ0v) is 11.4. The summed E-state index contributed by atoms with van der Waals surface area (Å²) >= 11 is 0. The van der Waals surface area contributed by atoms with Gasteiger partial charge in [-0.25, -0.2) is 4.98 Å². The summed E-state index contributed by atoms with van der Waals surface area (Å²) in [5.41, 5.74) is 1.06. The van der Waals surface area contributed by atoms with Crippen LogP contribution >= 0.6 is 0 Å². The molecule has 0 unspecified atom stereocenters. The van der Waals surface area contributed by atoms with Gasteiger partial charge in [0, 0.05) is 32.4 Å². The molecule has 2 heterocycles. The molecule has 1 aliphatic rings. The predicted octanol–water partition coefficient (Wildman–Crippen LogP) is 2.05. The van der Waals surface area contributed by atoms with E-state index in [-0.39, 0.29) is 0 Å². The molecule has 0 atom stereocenters. The van der Waals surface area contributed by atoms with E-state index in [1.807, 2.05) is 25.3 Å². The average Bonchev–Trinajstić information content (AvgIpc) is 2.47. The largest absolute Gasteiger partial charge is 0.495 e. The van der Waals surface area contributed by atoms with Crippen molar-refractivity contribution in [3.63, 3.8) is 0 Å². The normalized spacial score (nSPS) is 15.7. The van der Waals surface area contributed by atoms with Crippen LogP contribution in [0.4, 0.5) is 5.82 Å². The third-order valence-corrected chi connectivity index (χ3v) is 3.00. The second kappa shape index (κ2) is 6.95. The van der Waals surface area contributed by atoms with Crippen molar-refractivity contribution in [2.24, 2.45) is 0 Å². The summed E-state index contributed by atoms with van der Waals surface area (Å²) in [6.45, 7) is 10.5. The van der Waals surface area contributed by atoms with E-state index < -0.39 is 0 Å². The van der Waals surface area contributed by atoms with E-state index in [2.05, 4.69) is 33.9 Å². The molecule has 1 fully saturated rings. The lowest BCUT2D eigenvalue weighted by Gasteiger charge is -2.28. The first-order valence-corrected chi connectivity index (χ1v) is 6.71. The van der Waals surface area contributed by atoms with Gasteiger partial charge in [0.25, 0.3) is 0 Å². The van der Waals surface area contributed by atoms with Crippen molar-refractivity contribution in [2.75, 3.05) is 37.7 Å². The SMILES string of the molecule is C=C(/C=C/c1ccc(N2CCNCC2)nc1)OCC. The molecule has 0 spiro atoms. The molecule has 2 rings (SSSR count). The van der Waals surface area contributed by atoms with Crippen molar-refractivity contribution in [3.05, 3.63) is 42.3 Å². The van der Waals surface area contributed by atoms with Crippen molar-refractivity contribution in [1.82, 2.24) is 10.3 Å². The lowest BCUT2D eigenvalue weighted by Crippen LogP contribution is -2.43. The second-order valence-corrected chi connectivity index (χ2v) is 4.42. The molecular formula is C15H21N3O. The smallest absolute Gasteiger partial charge is 0.128 e. The molecule has 0 amide bonds. The lowest BCUT2D eigenvalue weighted by atomic mass is 10.2. The van der Waals surface area contributed by atoms with Gasteiger partial charge in [0.15, 0.2) is 0 Å². The Kier molecular flexibility index (Phi) is 4.98. The van der Waals surface area contributed by atoms with Gasteiger partial charge in [0.05, 0.1) is 6.61 Å². The fourth-order valence-electron chi connectivity index (χ4n) is 2.00. The monoisotopic (exact) mass is 259 g/mol. The topological polar surface area (TPSA) is 37.4 Å². The third kappa shape index (κ3) is 4.10. The van der Waals surface area contributed by atoms with Crippen LogP contribution in [0.5, 0.6) is 0 Å². The first kappa shape index (κ1) is 13.6. The number of ether oxygens (including phenoxy) is 1. The first-order valence-electron chi connectivity index (χ1n) is 6.71. The third-order valence-electron chi connectivity index (χ3n) is 3.00. The van der Waals surface area contributed by atoms with Gasteiger partial charge in [0.1, 0.15) is 11.6 Å². The molecule has 1 aromatic rings. The lowest BCUT2D eigenvalue weighted by molar-refractivity contribution is 0.244. The minimum absolute atomic E-state index is 0.642. The number of allylic oxidation sites excluding steroid dienone is 1. The summed E-state index contributed by atoms with van der Waals surface area (Å²) in [5, 5.41) is 3.34. The van der Waals surface area contributed by atoms with Crippen molar-refractivity contribution in [3.8, 4) is 0 Å². The summed E-state index contributed by atoms with van der Waals surface area (Å²) in [7, 11) is 0. The zero-order valence-electron chi connectivity index (χ0n) is 11.4.